The molecule has 14 heteroatoms. The van der Waals surface area contributed by atoms with Crippen LogP contribution in [0.1, 0.15) is 25.0 Å². The van der Waals surface area contributed by atoms with Crippen molar-refractivity contribution in [2.75, 3.05) is 39.5 Å². The fourth-order valence-corrected chi connectivity index (χ4v) is 4.83. The van der Waals surface area contributed by atoms with Crippen molar-refractivity contribution in [1.29, 1.82) is 0 Å². The minimum atomic E-state index is -4.87. The fourth-order valence-electron chi connectivity index (χ4n) is 4.83. The van der Waals surface area contributed by atoms with Gasteiger partial charge in [-0.15, -0.1) is 13.2 Å². The first-order valence-electron chi connectivity index (χ1n) is 14.6. The van der Waals surface area contributed by atoms with E-state index >= 15 is 0 Å². The highest BCUT2D eigenvalue weighted by Gasteiger charge is 2.50. The maximum Gasteiger partial charge on any atom is 0.573 e. The monoisotopic (exact) mass is 634 g/mol. The molecule has 3 N–H and O–H groups in total. The van der Waals surface area contributed by atoms with Gasteiger partial charge in [-0.25, -0.2) is 0 Å². The second-order valence-electron chi connectivity index (χ2n) is 11.3. The van der Waals surface area contributed by atoms with Crippen LogP contribution in [0.25, 0.3) is 0 Å². The zero-order valence-electron chi connectivity index (χ0n) is 25.0. The summed E-state index contributed by atoms with van der Waals surface area (Å²) in [6, 6.07) is 10.7. The van der Waals surface area contributed by atoms with E-state index < -0.39 is 47.7 Å². The minimum absolute atomic E-state index is 0.0708. The number of hydrogen-bond acceptors (Lipinski definition) is 8. The lowest BCUT2D eigenvalue weighted by atomic mass is 9.94. The van der Waals surface area contributed by atoms with Crippen molar-refractivity contribution < 1.29 is 46.6 Å². The van der Waals surface area contributed by atoms with E-state index in [1.165, 1.54) is 19.1 Å². The number of carbonyl (C=O) groups excluding carboxylic acids is 4. The summed E-state index contributed by atoms with van der Waals surface area (Å²) in [5.41, 5.74) is 0.161. The first-order valence-corrected chi connectivity index (χ1v) is 14.6. The number of rotatable bonds is 14. The predicted molar refractivity (Wildman–Crippen MR) is 155 cm³/mol. The summed E-state index contributed by atoms with van der Waals surface area (Å²) in [5, 5.41) is 8.01. The second kappa shape index (κ2) is 14.8. The molecule has 2 fully saturated rings. The van der Waals surface area contributed by atoms with E-state index in [-0.39, 0.29) is 37.7 Å². The molecule has 0 radical (unpaired) electrons. The van der Waals surface area contributed by atoms with Gasteiger partial charge in [-0.05, 0) is 43.5 Å². The van der Waals surface area contributed by atoms with Gasteiger partial charge in [0.25, 0.3) is 0 Å². The van der Waals surface area contributed by atoms with Gasteiger partial charge in [0, 0.05) is 19.5 Å². The van der Waals surface area contributed by atoms with Crippen molar-refractivity contribution in [3.8, 4) is 5.75 Å². The third-order valence-electron chi connectivity index (χ3n) is 7.49. The van der Waals surface area contributed by atoms with Crippen molar-refractivity contribution in [2.24, 2.45) is 0 Å². The molecule has 0 aromatic heterocycles. The molecule has 2 aliphatic heterocycles. The summed E-state index contributed by atoms with van der Waals surface area (Å²) < 4.78 is 52.4. The molecule has 2 aromatic carbocycles. The van der Waals surface area contributed by atoms with Gasteiger partial charge >= 0.3 is 6.36 Å². The highest BCUT2D eigenvalue weighted by molar-refractivity contribution is 5.98. The lowest BCUT2D eigenvalue weighted by Gasteiger charge is -2.27. The Hall–Kier alpha value is -4.01. The van der Waals surface area contributed by atoms with Crippen molar-refractivity contribution in [3.05, 3.63) is 65.7 Å². The number of morpholine rings is 1. The molecule has 0 bridgehead atoms. The third kappa shape index (κ3) is 10.5. The lowest BCUT2D eigenvalue weighted by molar-refractivity contribution is -0.274. The third-order valence-corrected chi connectivity index (χ3v) is 7.49. The zero-order chi connectivity index (χ0) is 32.6. The number of benzene rings is 2. The first kappa shape index (κ1) is 33.9. The number of nitrogens with one attached hydrogen (secondary N) is 3. The largest absolute Gasteiger partial charge is 0.573 e. The van der Waals surface area contributed by atoms with E-state index in [9.17, 15) is 32.3 Å². The van der Waals surface area contributed by atoms with Crippen molar-refractivity contribution >= 4 is 23.5 Å². The highest BCUT2D eigenvalue weighted by atomic mass is 19.4. The van der Waals surface area contributed by atoms with Gasteiger partial charge in [0.05, 0.1) is 32.4 Å². The van der Waals surface area contributed by atoms with Gasteiger partial charge < -0.3 is 30.2 Å². The molecule has 4 atom stereocenters. The Balaban J connectivity index is 1.48. The van der Waals surface area contributed by atoms with Crippen LogP contribution in [0, 0.1) is 0 Å². The van der Waals surface area contributed by atoms with Crippen LogP contribution in [0.4, 0.5) is 13.2 Å². The summed E-state index contributed by atoms with van der Waals surface area (Å²) in [7, 11) is 0. The Morgan fingerprint density at radius 3 is 2.07 bits per heavy atom. The Labute approximate surface area is 258 Å². The molecule has 244 valence electrons. The Kier molecular flexibility index (Phi) is 11.2. The number of epoxide rings is 1. The molecule has 4 unspecified atom stereocenters. The molecule has 2 heterocycles. The van der Waals surface area contributed by atoms with Gasteiger partial charge in [0.1, 0.15) is 23.4 Å². The molecule has 11 nitrogen and oxygen atoms in total. The SMILES string of the molecule is CC(NC(=O)CN1CCOCC1)C(=O)NC(Cc1ccc(OC(F)(F)F)cc1)C(=O)NC(Cc1ccccc1)C(=O)C1(C)CO1. The molecule has 0 aliphatic carbocycles. The van der Waals surface area contributed by atoms with E-state index in [1.54, 1.807) is 19.1 Å². The molecule has 2 aliphatic rings. The molecule has 3 amide bonds. The number of hydrogen-bond donors (Lipinski definition) is 3. The average Bonchev–Trinajstić information content (AvgIpc) is 3.75. The van der Waals surface area contributed by atoms with Crippen LogP contribution in [-0.4, -0.2) is 97.9 Å². The second-order valence-corrected chi connectivity index (χ2v) is 11.3. The Morgan fingerprint density at radius 1 is 0.889 bits per heavy atom. The molecular weight excluding hydrogens is 597 g/mol. The summed E-state index contributed by atoms with van der Waals surface area (Å²) in [4.78, 5) is 54.7. The number of nitrogens with zero attached hydrogens (tertiary/aromatic N) is 1. The first-order chi connectivity index (χ1) is 21.3. The maximum absolute atomic E-state index is 13.7. The number of amides is 3. The molecule has 0 spiro atoms. The van der Waals surface area contributed by atoms with Crippen LogP contribution in [0.5, 0.6) is 5.75 Å². The number of carbonyl (C=O) groups is 4. The van der Waals surface area contributed by atoms with Gasteiger partial charge in [0.2, 0.25) is 17.7 Å². The number of halogens is 3. The minimum Gasteiger partial charge on any atom is -0.406 e. The maximum atomic E-state index is 13.7. The molecule has 2 aromatic rings. The number of alkyl halides is 3. The topological polar surface area (TPSA) is 139 Å². The molecule has 0 saturated carbocycles. The molecule has 45 heavy (non-hydrogen) atoms. The van der Waals surface area contributed by atoms with Gasteiger partial charge in [-0.1, -0.05) is 42.5 Å². The van der Waals surface area contributed by atoms with Crippen LogP contribution in [0.3, 0.4) is 0 Å². The Bertz CT molecular complexity index is 1330. The number of ether oxygens (including phenoxy) is 3. The van der Waals surface area contributed by atoms with Crippen LogP contribution in [-0.2, 0) is 41.5 Å². The van der Waals surface area contributed by atoms with Crippen LogP contribution in [0.2, 0.25) is 0 Å². The van der Waals surface area contributed by atoms with Crippen molar-refractivity contribution in [1.82, 2.24) is 20.9 Å². The van der Waals surface area contributed by atoms with E-state index in [4.69, 9.17) is 9.47 Å². The fraction of sp³-hybridized carbons (Fsp3) is 0.484. The highest BCUT2D eigenvalue weighted by Crippen LogP contribution is 2.29. The zero-order valence-corrected chi connectivity index (χ0v) is 25.0. The number of ketones is 1. The van der Waals surface area contributed by atoms with Gasteiger partial charge in [-0.3, -0.25) is 24.1 Å². The van der Waals surface area contributed by atoms with Crippen LogP contribution in [0.15, 0.2) is 54.6 Å². The standard InChI is InChI=1S/C31H37F3N4O7/c1-20(35-26(39)18-38-12-14-43-15-13-38)28(41)37-25(17-22-8-10-23(11-9-22)45-31(32,33)34)29(42)36-24(27(40)30(2)19-44-30)16-21-6-4-3-5-7-21/h3-11,20,24-25H,12-19H2,1-2H3,(H,35,39)(H,36,42)(H,37,41). The van der Waals surface area contributed by atoms with E-state index in [0.717, 1.165) is 17.7 Å². The summed E-state index contributed by atoms with van der Waals surface area (Å²) in [6.45, 7) is 5.54. The quantitative estimate of drug-likeness (QED) is 0.266. The molecule has 2 saturated heterocycles. The van der Waals surface area contributed by atoms with E-state index in [0.29, 0.717) is 31.9 Å². The number of Topliss-reactive ketones (excluding diaryl/α,β-unsaturated/α-hetero) is 1. The summed E-state index contributed by atoms with van der Waals surface area (Å²) in [6.07, 6.45) is -4.83. The smallest absolute Gasteiger partial charge is 0.406 e. The van der Waals surface area contributed by atoms with Crippen molar-refractivity contribution in [2.45, 2.75) is 56.8 Å². The van der Waals surface area contributed by atoms with E-state index in [1.807, 2.05) is 23.1 Å². The average molecular weight is 635 g/mol. The van der Waals surface area contributed by atoms with Gasteiger partial charge in [-0.2, -0.15) is 0 Å². The Morgan fingerprint density at radius 2 is 1.47 bits per heavy atom. The van der Waals surface area contributed by atoms with Crippen molar-refractivity contribution in [3.63, 3.8) is 0 Å². The van der Waals surface area contributed by atoms with E-state index in [2.05, 4.69) is 20.7 Å². The molecular formula is C31H37F3N4O7. The van der Waals surface area contributed by atoms with Crippen LogP contribution >= 0.6 is 0 Å². The molecule has 4 rings (SSSR count). The summed E-state index contributed by atoms with van der Waals surface area (Å²) >= 11 is 0. The summed E-state index contributed by atoms with van der Waals surface area (Å²) in [5.74, 6) is -2.51. The lowest BCUT2D eigenvalue weighted by Crippen LogP contribution is -2.57. The normalized spacial score (nSPS) is 20.3. The van der Waals surface area contributed by atoms with Crippen LogP contribution < -0.4 is 20.7 Å². The predicted octanol–water partition coefficient (Wildman–Crippen LogP) is 1.53. The van der Waals surface area contributed by atoms with Gasteiger partial charge in [0.15, 0.2) is 5.78 Å².